The predicted octanol–water partition coefficient (Wildman–Crippen LogP) is 0.350. The number of nitrogens with one attached hydrogen (secondary N) is 3. The van der Waals surface area contributed by atoms with Crippen LogP contribution in [-0.2, 0) is 9.59 Å². The van der Waals surface area contributed by atoms with Crippen molar-refractivity contribution in [2.24, 2.45) is 0 Å². The number of ether oxygens (including phenoxy) is 1. The lowest BCUT2D eigenvalue weighted by molar-refractivity contribution is -0.905. The Labute approximate surface area is 142 Å². The van der Waals surface area contributed by atoms with Crippen LogP contribution < -0.4 is 20.3 Å². The van der Waals surface area contributed by atoms with Gasteiger partial charge in [-0.25, -0.2) is 0 Å². The Morgan fingerprint density at radius 1 is 1.33 bits per heavy atom. The molecule has 0 radical (unpaired) electrons. The molecule has 1 atom stereocenters. The van der Waals surface area contributed by atoms with Crippen molar-refractivity contribution >= 4 is 17.5 Å². The van der Waals surface area contributed by atoms with Crippen molar-refractivity contribution in [1.82, 2.24) is 5.32 Å². The molecule has 1 fully saturated rings. The number of rotatable bonds is 5. The van der Waals surface area contributed by atoms with Gasteiger partial charge in [-0.3, -0.25) is 9.59 Å². The lowest BCUT2D eigenvalue weighted by atomic mass is 10.0. The first-order valence-electron chi connectivity index (χ1n) is 8.85. The van der Waals surface area contributed by atoms with Gasteiger partial charge in [-0.2, -0.15) is 0 Å². The summed E-state index contributed by atoms with van der Waals surface area (Å²) in [5, 5.41) is 5.85. The summed E-state index contributed by atoms with van der Waals surface area (Å²) in [5.74, 6) is 0.246. The van der Waals surface area contributed by atoms with E-state index in [1.165, 1.54) is 13.0 Å². The van der Waals surface area contributed by atoms with E-state index in [1.54, 1.807) is 17.0 Å². The van der Waals surface area contributed by atoms with Crippen molar-refractivity contribution in [1.29, 1.82) is 0 Å². The van der Waals surface area contributed by atoms with Gasteiger partial charge in [0.15, 0.2) is 6.10 Å². The zero-order valence-electron chi connectivity index (χ0n) is 14.1. The molecule has 0 aromatic heterocycles. The van der Waals surface area contributed by atoms with E-state index in [1.807, 2.05) is 12.1 Å². The van der Waals surface area contributed by atoms with Crippen molar-refractivity contribution in [3.8, 4) is 5.75 Å². The van der Waals surface area contributed by atoms with Crippen molar-refractivity contribution in [2.45, 2.75) is 44.8 Å². The molecule has 2 heterocycles. The van der Waals surface area contributed by atoms with Crippen LogP contribution in [0.1, 0.15) is 32.6 Å². The zero-order chi connectivity index (χ0) is 16.9. The van der Waals surface area contributed by atoms with E-state index in [0.29, 0.717) is 11.4 Å². The monoisotopic (exact) mass is 332 g/mol. The quantitative estimate of drug-likeness (QED) is 0.729. The second-order valence-corrected chi connectivity index (χ2v) is 6.64. The molecule has 0 saturated carbocycles. The number of amides is 2. The Bertz CT molecular complexity index is 597. The topological polar surface area (TPSA) is 71.9 Å². The summed E-state index contributed by atoms with van der Waals surface area (Å²) < 4.78 is 5.68. The highest BCUT2D eigenvalue weighted by atomic mass is 16.5. The van der Waals surface area contributed by atoms with Crippen LogP contribution in [0.15, 0.2) is 24.3 Å². The molecule has 3 rings (SSSR count). The summed E-state index contributed by atoms with van der Waals surface area (Å²) in [4.78, 5) is 26.0. The SMILES string of the molecule is CCC[NH+]1CCC(NC(=O)C[C@@H]2Oc3ccccc3NC2=O)CC1. The third-order valence-corrected chi connectivity index (χ3v) is 4.74. The number of hydrogen-bond donors (Lipinski definition) is 3. The summed E-state index contributed by atoms with van der Waals surface area (Å²) in [6.07, 6.45) is 2.50. The minimum atomic E-state index is -0.759. The molecule has 0 aliphatic carbocycles. The minimum absolute atomic E-state index is 0.0577. The van der Waals surface area contributed by atoms with Gasteiger partial charge in [-0.15, -0.1) is 0 Å². The molecule has 2 aliphatic heterocycles. The Hall–Kier alpha value is -2.08. The van der Waals surface area contributed by atoms with E-state index in [4.69, 9.17) is 4.74 Å². The molecule has 2 amide bonds. The average Bonchev–Trinajstić information content (AvgIpc) is 2.57. The maximum absolute atomic E-state index is 12.3. The van der Waals surface area contributed by atoms with Crippen LogP contribution in [0.3, 0.4) is 0 Å². The second kappa shape index (κ2) is 7.66. The molecule has 1 saturated heterocycles. The number of quaternary nitrogens is 1. The Kier molecular flexibility index (Phi) is 5.35. The summed E-state index contributed by atoms with van der Waals surface area (Å²) in [7, 11) is 0. The summed E-state index contributed by atoms with van der Waals surface area (Å²) in [5.41, 5.74) is 0.658. The van der Waals surface area contributed by atoms with E-state index in [0.717, 1.165) is 25.9 Å². The Morgan fingerprint density at radius 3 is 2.83 bits per heavy atom. The maximum atomic E-state index is 12.3. The fraction of sp³-hybridized carbons (Fsp3) is 0.556. The van der Waals surface area contributed by atoms with Crippen molar-refractivity contribution in [2.75, 3.05) is 25.0 Å². The Balaban J connectivity index is 1.48. The van der Waals surface area contributed by atoms with Gasteiger partial charge in [0.25, 0.3) is 5.91 Å². The number of para-hydroxylation sites is 2. The largest absolute Gasteiger partial charge is 0.478 e. The number of carbonyl (C=O) groups is 2. The van der Waals surface area contributed by atoms with Gasteiger partial charge in [-0.05, 0) is 18.6 Å². The fourth-order valence-electron chi connectivity index (χ4n) is 3.46. The maximum Gasteiger partial charge on any atom is 0.266 e. The zero-order valence-corrected chi connectivity index (χ0v) is 14.1. The van der Waals surface area contributed by atoms with Gasteiger partial charge in [0.05, 0.1) is 31.7 Å². The van der Waals surface area contributed by atoms with Crippen molar-refractivity contribution in [3.63, 3.8) is 0 Å². The van der Waals surface area contributed by atoms with Crippen LogP contribution in [0.2, 0.25) is 0 Å². The van der Waals surface area contributed by atoms with Crippen LogP contribution in [0.25, 0.3) is 0 Å². The standard InChI is InChI=1S/C18H25N3O3/c1-2-9-21-10-7-13(8-11-21)19-17(22)12-16-18(23)20-14-5-3-4-6-15(14)24-16/h3-6,13,16H,2,7-12H2,1H3,(H,19,22)(H,20,23)/p+1/t16-/m0/s1. The molecular weight excluding hydrogens is 306 g/mol. The van der Waals surface area contributed by atoms with E-state index in [2.05, 4.69) is 17.6 Å². The normalized spacial score (nSPS) is 26.0. The number of piperidine rings is 1. The molecule has 0 spiro atoms. The van der Waals surface area contributed by atoms with E-state index in [9.17, 15) is 9.59 Å². The van der Waals surface area contributed by atoms with E-state index >= 15 is 0 Å². The van der Waals surface area contributed by atoms with E-state index < -0.39 is 6.10 Å². The summed E-state index contributed by atoms with van der Waals surface area (Å²) in [6.45, 7) is 5.61. The van der Waals surface area contributed by atoms with Crippen LogP contribution in [-0.4, -0.2) is 43.6 Å². The number of fused-ring (bicyclic) bond motifs is 1. The van der Waals surface area contributed by atoms with Gasteiger partial charge in [-0.1, -0.05) is 19.1 Å². The molecule has 0 bridgehead atoms. The first kappa shape index (κ1) is 16.8. The number of anilines is 1. The highest BCUT2D eigenvalue weighted by Crippen LogP contribution is 2.29. The second-order valence-electron chi connectivity index (χ2n) is 6.64. The molecule has 2 aliphatic rings. The van der Waals surface area contributed by atoms with Gasteiger partial charge in [0, 0.05) is 18.9 Å². The number of hydrogen-bond acceptors (Lipinski definition) is 3. The smallest absolute Gasteiger partial charge is 0.266 e. The van der Waals surface area contributed by atoms with Crippen LogP contribution in [0, 0.1) is 0 Å². The third kappa shape index (κ3) is 4.06. The van der Waals surface area contributed by atoms with Gasteiger partial charge in [0.1, 0.15) is 5.75 Å². The van der Waals surface area contributed by atoms with Crippen LogP contribution in [0.4, 0.5) is 5.69 Å². The molecule has 3 N–H and O–H groups in total. The highest BCUT2D eigenvalue weighted by Gasteiger charge is 2.31. The average molecular weight is 332 g/mol. The van der Waals surface area contributed by atoms with E-state index in [-0.39, 0.29) is 24.3 Å². The number of benzene rings is 1. The van der Waals surface area contributed by atoms with Gasteiger partial charge >= 0.3 is 0 Å². The van der Waals surface area contributed by atoms with Crippen molar-refractivity contribution in [3.05, 3.63) is 24.3 Å². The lowest BCUT2D eigenvalue weighted by Gasteiger charge is -2.30. The fourth-order valence-corrected chi connectivity index (χ4v) is 3.46. The lowest BCUT2D eigenvalue weighted by Crippen LogP contribution is -3.13. The van der Waals surface area contributed by atoms with Crippen LogP contribution >= 0.6 is 0 Å². The number of carbonyl (C=O) groups excluding carboxylic acids is 2. The van der Waals surface area contributed by atoms with Gasteiger partial charge in [0.2, 0.25) is 5.91 Å². The minimum Gasteiger partial charge on any atom is -0.478 e. The Morgan fingerprint density at radius 2 is 2.08 bits per heavy atom. The predicted molar refractivity (Wildman–Crippen MR) is 91.1 cm³/mol. The molecule has 130 valence electrons. The summed E-state index contributed by atoms with van der Waals surface area (Å²) >= 11 is 0. The first-order chi connectivity index (χ1) is 11.7. The van der Waals surface area contributed by atoms with Crippen LogP contribution in [0.5, 0.6) is 5.75 Å². The molecule has 6 nitrogen and oxygen atoms in total. The van der Waals surface area contributed by atoms with Gasteiger partial charge < -0.3 is 20.3 Å². The molecule has 24 heavy (non-hydrogen) atoms. The molecule has 1 aromatic carbocycles. The molecule has 0 unspecified atom stereocenters. The first-order valence-corrected chi connectivity index (χ1v) is 8.85. The molecule has 6 heteroatoms. The highest BCUT2D eigenvalue weighted by molar-refractivity contribution is 5.99. The molecular formula is C18H26N3O3+. The molecule has 1 aromatic rings. The van der Waals surface area contributed by atoms with Crippen molar-refractivity contribution < 1.29 is 19.2 Å². The third-order valence-electron chi connectivity index (χ3n) is 4.74. The number of likely N-dealkylation sites (tertiary alicyclic amines) is 1. The summed E-state index contributed by atoms with van der Waals surface area (Å²) in [6, 6.07) is 7.49.